The lowest BCUT2D eigenvalue weighted by Gasteiger charge is -2.09. The van der Waals surface area contributed by atoms with Crippen LogP contribution in [0.4, 0.5) is 0 Å². The van der Waals surface area contributed by atoms with Gasteiger partial charge < -0.3 is 4.84 Å². The zero-order valence-electron chi connectivity index (χ0n) is 11.2. The van der Waals surface area contributed by atoms with Crippen molar-refractivity contribution in [3.05, 3.63) is 45.3 Å². The lowest BCUT2D eigenvalue weighted by atomic mass is 10.2. The van der Waals surface area contributed by atoms with E-state index in [1.807, 2.05) is 4.73 Å². The van der Waals surface area contributed by atoms with Gasteiger partial charge >= 0.3 is 0 Å². The Hall–Kier alpha value is -1.00. The molecule has 0 amide bonds. The highest BCUT2D eigenvalue weighted by atomic mass is 79.9. The highest BCUT2D eigenvalue weighted by Crippen LogP contribution is 2.32. The van der Waals surface area contributed by atoms with Crippen molar-refractivity contribution < 1.29 is 4.84 Å². The molecular formula is C16H15Br2NO. The Morgan fingerprint density at radius 3 is 2.00 bits per heavy atom. The van der Waals surface area contributed by atoms with Gasteiger partial charge in [0.05, 0.1) is 11.0 Å². The van der Waals surface area contributed by atoms with Gasteiger partial charge in [0.25, 0.3) is 0 Å². The summed E-state index contributed by atoms with van der Waals surface area (Å²) in [5.41, 5.74) is 2.20. The molecule has 0 bridgehead atoms. The van der Waals surface area contributed by atoms with E-state index >= 15 is 0 Å². The fraction of sp³-hybridized carbons (Fsp3) is 0.250. The zero-order valence-corrected chi connectivity index (χ0v) is 14.4. The molecule has 1 heterocycles. The monoisotopic (exact) mass is 395 g/mol. The third kappa shape index (κ3) is 2.47. The molecule has 104 valence electrons. The van der Waals surface area contributed by atoms with Crippen molar-refractivity contribution in [1.29, 1.82) is 0 Å². The molecule has 0 aliphatic heterocycles. The van der Waals surface area contributed by atoms with Crippen LogP contribution in [-0.2, 0) is 0 Å². The first-order valence-electron chi connectivity index (χ1n) is 6.73. The maximum Gasteiger partial charge on any atom is 0.115 e. The number of benzene rings is 2. The van der Waals surface area contributed by atoms with E-state index in [-0.39, 0.29) is 0 Å². The maximum atomic E-state index is 6.00. The fourth-order valence-electron chi connectivity index (χ4n) is 2.37. The van der Waals surface area contributed by atoms with Gasteiger partial charge in [-0.1, -0.05) is 57.3 Å². The minimum atomic E-state index is 0.731. The van der Waals surface area contributed by atoms with E-state index < -0.39 is 0 Å². The molecule has 20 heavy (non-hydrogen) atoms. The lowest BCUT2D eigenvalue weighted by molar-refractivity contribution is 0.127. The average molecular weight is 397 g/mol. The summed E-state index contributed by atoms with van der Waals surface area (Å²) in [5, 5.41) is 2.43. The van der Waals surface area contributed by atoms with Crippen LogP contribution in [-0.4, -0.2) is 11.3 Å². The van der Waals surface area contributed by atoms with Crippen molar-refractivity contribution in [2.75, 3.05) is 6.61 Å². The second kappa shape index (κ2) is 5.78. The molecule has 3 aromatic rings. The fourth-order valence-corrected chi connectivity index (χ4v) is 3.07. The number of rotatable bonds is 4. The Balaban J connectivity index is 2.24. The van der Waals surface area contributed by atoms with E-state index in [1.54, 1.807) is 0 Å². The molecule has 2 nitrogen and oxygen atoms in total. The third-order valence-electron chi connectivity index (χ3n) is 3.37. The maximum absolute atomic E-state index is 6.00. The van der Waals surface area contributed by atoms with E-state index in [2.05, 4.69) is 75.2 Å². The standard InChI is InChI=1S/C16H15Br2NO/c1-2-3-8-20-19-15-9-11(17)4-6-13(15)14-7-5-12(18)10-16(14)19/h4-7,9-10H,2-3,8H2,1H3. The summed E-state index contributed by atoms with van der Waals surface area (Å²) >= 11 is 7.08. The smallest absolute Gasteiger partial charge is 0.115 e. The minimum Gasteiger partial charge on any atom is -0.413 e. The zero-order chi connectivity index (χ0) is 14.1. The quantitative estimate of drug-likeness (QED) is 0.527. The van der Waals surface area contributed by atoms with Gasteiger partial charge in [-0.2, -0.15) is 4.73 Å². The molecular weight excluding hydrogens is 382 g/mol. The molecule has 0 N–H and O–H groups in total. The van der Waals surface area contributed by atoms with Gasteiger partial charge in [-0.15, -0.1) is 0 Å². The summed E-state index contributed by atoms with van der Waals surface area (Å²) < 4.78 is 4.08. The first-order chi connectivity index (χ1) is 9.70. The van der Waals surface area contributed by atoms with Gasteiger partial charge in [-0.25, -0.2) is 0 Å². The van der Waals surface area contributed by atoms with Crippen LogP contribution in [0.15, 0.2) is 45.3 Å². The topological polar surface area (TPSA) is 14.2 Å². The molecule has 0 saturated carbocycles. The summed E-state index contributed by atoms with van der Waals surface area (Å²) in [7, 11) is 0. The molecule has 0 fully saturated rings. The molecule has 3 rings (SSSR count). The van der Waals surface area contributed by atoms with E-state index in [0.717, 1.165) is 39.4 Å². The van der Waals surface area contributed by atoms with Gasteiger partial charge in [0.1, 0.15) is 6.61 Å². The van der Waals surface area contributed by atoms with Crippen LogP contribution in [0.1, 0.15) is 19.8 Å². The Kier molecular flexibility index (Phi) is 4.03. The highest BCUT2D eigenvalue weighted by Gasteiger charge is 2.12. The summed E-state index contributed by atoms with van der Waals surface area (Å²) in [6.45, 7) is 2.90. The van der Waals surface area contributed by atoms with Gasteiger partial charge in [0.2, 0.25) is 0 Å². The second-order valence-corrected chi connectivity index (χ2v) is 6.64. The molecule has 0 aliphatic rings. The number of aromatic nitrogens is 1. The Labute approximate surface area is 134 Å². The molecule has 0 radical (unpaired) electrons. The van der Waals surface area contributed by atoms with Crippen LogP contribution in [0.25, 0.3) is 21.8 Å². The summed E-state index contributed by atoms with van der Waals surface area (Å²) in [6.07, 6.45) is 2.19. The molecule has 0 saturated heterocycles. The third-order valence-corrected chi connectivity index (χ3v) is 4.35. The molecule has 4 heteroatoms. The van der Waals surface area contributed by atoms with Crippen LogP contribution >= 0.6 is 31.9 Å². The molecule has 0 aliphatic carbocycles. The van der Waals surface area contributed by atoms with Crippen LogP contribution in [0.5, 0.6) is 0 Å². The van der Waals surface area contributed by atoms with Gasteiger partial charge in [-0.05, 0) is 30.7 Å². The summed E-state index contributed by atoms with van der Waals surface area (Å²) in [4.78, 5) is 6.00. The van der Waals surface area contributed by atoms with Crippen LogP contribution in [0.2, 0.25) is 0 Å². The van der Waals surface area contributed by atoms with Crippen molar-refractivity contribution in [2.45, 2.75) is 19.8 Å². The van der Waals surface area contributed by atoms with E-state index in [9.17, 15) is 0 Å². The normalized spacial score (nSPS) is 11.3. The van der Waals surface area contributed by atoms with E-state index in [1.165, 1.54) is 10.8 Å². The Morgan fingerprint density at radius 1 is 0.950 bits per heavy atom. The predicted molar refractivity (Wildman–Crippen MR) is 91.2 cm³/mol. The Bertz CT molecular complexity index is 705. The first-order valence-corrected chi connectivity index (χ1v) is 8.32. The number of fused-ring (bicyclic) bond motifs is 3. The van der Waals surface area contributed by atoms with Gasteiger partial charge in [-0.3, -0.25) is 0 Å². The van der Waals surface area contributed by atoms with Crippen LogP contribution in [0.3, 0.4) is 0 Å². The first kappa shape index (κ1) is 14.0. The average Bonchev–Trinajstić information content (AvgIpc) is 2.72. The number of hydrogen-bond acceptors (Lipinski definition) is 1. The van der Waals surface area contributed by atoms with E-state index in [4.69, 9.17) is 4.84 Å². The largest absolute Gasteiger partial charge is 0.413 e. The molecule has 0 unspecified atom stereocenters. The Morgan fingerprint density at radius 2 is 1.50 bits per heavy atom. The number of nitrogens with zero attached hydrogens (tertiary/aromatic N) is 1. The van der Waals surface area contributed by atoms with Crippen LogP contribution < -0.4 is 4.84 Å². The number of halogens is 2. The number of unbranched alkanes of at least 4 members (excludes halogenated alkanes) is 1. The molecule has 1 aromatic heterocycles. The van der Waals surface area contributed by atoms with Gasteiger partial charge in [0, 0.05) is 19.7 Å². The lowest BCUT2D eigenvalue weighted by Crippen LogP contribution is -2.12. The number of hydrogen-bond donors (Lipinski definition) is 0. The highest BCUT2D eigenvalue weighted by molar-refractivity contribution is 9.10. The predicted octanol–water partition coefficient (Wildman–Crippen LogP) is 5.55. The van der Waals surface area contributed by atoms with Crippen molar-refractivity contribution in [3.63, 3.8) is 0 Å². The molecule has 0 atom stereocenters. The summed E-state index contributed by atoms with van der Waals surface area (Å²) in [5.74, 6) is 0. The SMILES string of the molecule is CCCCOn1c2cc(Br)ccc2c2ccc(Br)cc21. The van der Waals surface area contributed by atoms with E-state index in [0.29, 0.717) is 0 Å². The van der Waals surface area contributed by atoms with Crippen molar-refractivity contribution >= 4 is 53.7 Å². The van der Waals surface area contributed by atoms with Crippen LogP contribution in [0, 0.1) is 0 Å². The van der Waals surface area contributed by atoms with Crippen molar-refractivity contribution in [2.24, 2.45) is 0 Å². The summed E-state index contributed by atoms with van der Waals surface area (Å²) in [6, 6.07) is 12.6. The molecule has 2 aromatic carbocycles. The second-order valence-electron chi connectivity index (χ2n) is 4.80. The minimum absolute atomic E-state index is 0.731. The van der Waals surface area contributed by atoms with Crippen molar-refractivity contribution in [1.82, 2.24) is 4.73 Å². The van der Waals surface area contributed by atoms with Crippen molar-refractivity contribution in [3.8, 4) is 0 Å². The molecule has 0 spiro atoms. The van der Waals surface area contributed by atoms with Gasteiger partial charge in [0.15, 0.2) is 0 Å².